The topological polar surface area (TPSA) is 12.0 Å². The second-order valence-electron chi connectivity index (χ2n) is 6.07. The third-order valence-corrected chi connectivity index (χ3v) is 4.94. The highest BCUT2D eigenvalue weighted by molar-refractivity contribution is 5.20. The summed E-state index contributed by atoms with van der Waals surface area (Å²) in [6.07, 6.45) is 6.10. The Labute approximate surface area is 113 Å². The van der Waals surface area contributed by atoms with Gasteiger partial charge in [0.25, 0.3) is 0 Å². The molecular weight excluding hydrogens is 244 g/mol. The van der Waals surface area contributed by atoms with Crippen molar-refractivity contribution in [1.82, 2.24) is 5.32 Å². The van der Waals surface area contributed by atoms with Gasteiger partial charge in [0, 0.05) is 12.1 Å². The van der Waals surface area contributed by atoms with E-state index >= 15 is 0 Å². The quantitative estimate of drug-likeness (QED) is 0.878. The molecule has 1 N–H and O–H groups in total. The first-order valence-electron chi connectivity index (χ1n) is 7.31. The molecule has 1 nitrogen and oxygen atoms in total. The van der Waals surface area contributed by atoms with Crippen LogP contribution in [0.2, 0.25) is 0 Å². The van der Waals surface area contributed by atoms with E-state index in [0.29, 0.717) is 12.0 Å². The average molecular weight is 265 g/mol. The summed E-state index contributed by atoms with van der Waals surface area (Å²) in [6.45, 7) is 0. The first-order chi connectivity index (χ1) is 9.19. The van der Waals surface area contributed by atoms with E-state index in [-0.39, 0.29) is 0 Å². The smallest absolute Gasteiger partial charge is 0.126 e. The number of hydrogen-bond donors (Lipinski definition) is 1. The fraction of sp³-hybridized carbons (Fsp3) is 0.625. The number of fused-ring (bicyclic) bond motifs is 1. The summed E-state index contributed by atoms with van der Waals surface area (Å²) in [5.41, 5.74) is 0.764. The van der Waals surface area contributed by atoms with Gasteiger partial charge in [-0.15, -0.1) is 0 Å². The SMILES string of the molecule is CNC(Cc1cc(F)cc(F)c1)C1C2CCCCC21. The molecule has 2 aliphatic rings. The van der Waals surface area contributed by atoms with E-state index in [2.05, 4.69) is 5.32 Å². The summed E-state index contributed by atoms with van der Waals surface area (Å²) in [4.78, 5) is 0. The molecule has 0 heterocycles. The zero-order valence-corrected chi connectivity index (χ0v) is 11.3. The molecule has 1 aromatic rings. The minimum atomic E-state index is -0.474. The summed E-state index contributed by atoms with van der Waals surface area (Å²) in [5, 5.41) is 3.36. The number of nitrogens with one attached hydrogen (secondary N) is 1. The Morgan fingerprint density at radius 3 is 2.21 bits per heavy atom. The lowest BCUT2D eigenvalue weighted by atomic mass is 10.00. The molecule has 2 aliphatic carbocycles. The van der Waals surface area contributed by atoms with E-state index in [1.807, 2.05) is 7.05 Å². The Hall–Kier alpha value is -0.960. The lowest BCUT2D eigenvalue weighted by Gasteiger charge is -2.17. The van der Waals surface area contributed by atoms with E-state index in [4.69, 9.17) is 0 Å². The molecule has 0 bridgehead atoms. The molecule has 0 saturated heterocycles. The van der Waals surface area contributed by atoms with E-state index in [0.717, 1.165) is 29.9 Å². The van der Waals surface area contributed by atoms with Crippen molar-refractivity contribution >= 4 is 0 Å². The number of likely N-dealkylation sites (N-methyl/N-ethyl adjacent to an activating group) is 1. The summed E-state index contributed by atoms with van der Waals surface area (Å²) in [5.74, 6) is 1.46. The maximum absolute atomic E-state index is 13.2. The largest absolute Gasteiger partial charge is 0.316 e. The molecule has 0 aliphatic heterocycles. The van der Waals surface area contributed by atoms with Gasteiger partial charge in [-0.3, -0.25) is 0 Å². The Morgan fingerprint density at radius 1 is 1.11 bits per heavy atom. The van der Waals surface area contributed by atoms with Crippen molar-refractivity contribution in [3.8, 4) is 0 Å². The monoisotopic (exact) mass is 265 g/mol. The third kappa shape index (κ3) is 2.66. The fourth-order valence-electron chi connectivity index (χ4n) is 4.06. The zero-order chi connectivity index (χ0) is 13.4. The van der Waals surface area contributed by atoms with Gasteiger partial charge in [0.1, 0.15) is 11.6 Å². The first-order valence-corrected chi connectivity index (χ1v) is 7.31. The number of hydrogen-bond acceptors (Lipinski definition) is 1. The molecule has 3 unspecified atom stereocenters. The van der Waals surface area contributed by atoms with Crippen LogP contribution >= 0.6 is 0 Å². The number of halogens is 2. The zero-order valence-electron chi connectivity index (χ0n) is 11.3. The van der Waals surface area contributed by atoms with Crippen LogP contribution < -0.4 is 5.32 Å². The highest BCUT2D eigenvalue weighted by Gasteiger charge is 2.53. The molecule has 104 valence electrons. The van der Waals surface area contributed by atoms with Crippen molar-refractivity contribution in [3.05, 3.63) is 35.4 Å². The lowest BCUT2D eigenvalue weighted by molar-refractivity contribution is 0.457. The van der Waals surface area contributed by atoms with Crippen molar-refractivity contribution in [2.45, 2.75) is 38.1 Å². The van der Waals surface area contributed by atoms with Crippen LogP contribution in [-0.4, -0.2) is 13.1 Å². The molecule has 2 saturated carbocycles. The van der Waals surface area contributed by atoms with Crippen LogP contribution in [0.5, 0.6) is 0 Å². The molecule has 3 atom stereocenters. The first kappa shape index (κ1) is 13.0. The van der Waals surface area contributed by atoms with Gasteiger partial charge in [0.05, 0.1) is 0 Å². The molecule has 3 heteroatoms. The van der Waals surface area contributed by atoms with Crippen LogP contribution in [0.4, 0.5) is 8.78 Å². The lowest BCUT2D eigenvalue weighted by Crippen LogP contribution is -2.31. The maximum Gasteiger partial charge on any atom is 0.126 e. The summed E-state index contributed by atoms with van der Waals surface area (Å²) >= 11 is 0. The van der Waals surface area contributed by atoms with Crippen molar-refractivity contribution in [3.63, 3.8) is 0 Å². The van der Waals surface area contributed by atoms with Crippen LogP contribution in [0.1, 0.15) is 31.2 Å². The highest BCUT2D eigenvalue weighted by Crippen LogP contribution is 2.57. The highest BCUT2D eigenvalue weighted by atomic mass is 19.1. The molecule has 2 fully saturated rings. The van der Waals surface area contributed by atoms with Crippen molar-refractivity contribution in [2.75, 3.05) is 7.05 Å². The van der Waals surface area contributed by atoms with Gasteiger partial charge in [-0.2, -0.15) is 0 Å². The molecule has 0 spiro atoms. The predicted molar refractivity (Wildman–Crippen MR) is 71.8 cm³/mol. The maximum atomic E-state index is 13.2. The van der Waals surface area contributed by atoms with E-state index < -0.39 is 11.6 Å². The molecule has 3 rings (SSSR count). The van der Waals surface area contributed by atoms with Crippen molar-refractivity contribution < 1.29 is 8.78 Å². The van der Waals surface area contributed by atoms with E-state index in [9.17, 15) is 8.78 Å². The normalized spacial score (nSPS) is 30.8. The second kappa shape index (κ2) is 5.20. The summed E-state index contributed by atoms with van der Waals surface area (Å²) < 4.78 is 26.5. The fourth-order valence-corrected chi connectivity index (χ4v) is 4.06. The van der Waals surface area contributed by atoms with Crippen LogP contribution in [0.3, 0.4) is 0 Å². The van der Waals surface area contributed by atoms with Crippen molar-refractivity contribution in [1.29, 1.82) is 0 Å². The van der Waals surface area contributed by atoms with Crippen LogP contribution in [0.15, 0.2) is 18.2 Å². The minimum absolute atomic E-state index is 0.356. The Bertz CT molecular complexity index is 428. The van der Waals surface area contributed by atoms with E-state index in [1.165, 1.54) is 37.8 Å². The molecule has 0 amide bonds. The molecule has 1 aromatic carbocycles. The third-order valence-electron chi connectivity index (χ3n) is 4.94. The minimum Gasteiger partial charge on any atom is -0.316 e. The van der Waals surface area contributed by atoms with Gasteiger partial charge in [-0.1, -0.05) is 12.8 Å². The number of rotatable bonds is 4. The van der Waals surface area contributed by atoms with Gasteiger partial charge < -0.3 is 5.32 Å². The van der Waals surface area contributed by atoms with E-state index in [1.54, 1.807) is 0 Å². The van der Waals surface area contributed by atoms with Gasteiger partial charge in [0.15, 0.2) is 0 Å². The van der Waals surface area contributed by atoms with Crippen LogP contribution in [-0.2, 0) is 6.42 Å². The Kier molecular flexibility index (Phi) is 3.57. The Morgan fingerprint density at radius 2 is 1.68 bits per heavy atom. The molecule has 19 heavy (non-hydrogen) atoms. The van der Waals surface area contributed by atoms with Gasteiger partial charge >= 0.3 is 0 Å². The van der Waals surface area contributed by atoms with Gasteiger partial charge in [-0.05, 0) is 61.8 Å². The van der Waals surface area contributed by atoms with Gasteiger partial charge in [-0.25, -0.2) is 8.78 Å². The molecule has 0 aromatic heterocycles. The molecule has 0 radical (unpaired) electrons. The molecular formula is C16H21F2N. The Balaban J connectivity index is 1.70. The van der Waals surface area contributed by atoms with Crippen LogP contribution in [0, 0.1) is 29.4 Å². The standard InChI is InChI=1S/C16H21F2N/c1-19-15(16-13-4-2-3-5-14(13)16)8-10-6-11(17)9-12(18)7-10/h6-7,9,13-16,19H,2-5,8H2,1H3. The van der Waals surface area contributed by atoms with Crippen molar-refractivity contribution in [2.24, 2.45) is 17.8 Å². The van der Waals surface area contributed by atoms with Crippen LogP contribution in [0.25, 0.3) is 0 Å². The summed E-state index contributed by atoms with van der Waals surface area (Å²) in [6, 6.07) is 4.21. The van der Waals surface area contributed by atoms with Gasteiger partial charge in [0.2, 0.25) is 0 Å². The average Bonchev–Trinajstić information content (AvgIpc) is 3.09. The summed E-state index contributed by atoms with van der Waals surface area (Å²) in [7, 11) is 1.96. The second-order valence-corrected chi connectivity index (χ2v) is 6.07. The number of benzene rings is 1. The predicted octanol–water partition coefficient (Wildman–Crippen LogP) is 3.53.